The van der Waals surface area contributed by atoms with Gasteiger partial charge in [0.2, 0.25) is 5.91 Å². The van der Waals surface area contributed by atoms with Crippen LogP contribution in [0.2, 0.25) is 0 Å². The van der Waals surface area contributed by atoms with Crippen LogP contribution in [0.5, 0.6) is 0 Å². The smallest absolute Gasteiger partial charge is 0.411 e. The Balaban J connectivity index is 1.39. The summed E-state index contributed by atoms with van der Waals surface area (Å²) in [5.41, 5.74) is 1.89. The van der Waals surface area contributed by atoms with Crippen molar-refractivity contribution in [1.82, 2.24) is 15.1 Å². The van der Waals surface area contributed by atoms with Gasteiger partial charge in [-0.25, -0.2) is 4.79 Å². The molecule has 3 aliphatic heterocycles. The zero-order valence-corrected chi connectivity index (χ0v) is 18.4. The molecular weight excluding hydrogens is 430 g/mol. The van der Waals surface area contributed by atoms with Crippen LogP contribution in [0.3, 0.4) is 0 Å². The highest BCUT2D eigenvalue weighted by Gasteiger charge is 2.58. The summed E-state index contributed by atoms with van der Waals surface area (Å²) in [4.78, 5) is 42.6. The third-order valence-electron chi connectivity index (χ3n) is 7.09. The number of fused-ring (bicyclic) bond motifs is 2. The Hall–Kier alpha value is -4.13. The summed E-state index contributed by atoms with van der Waals surface area (Å²) >= 11 is 0. The van der Waals surface area contributed by atoms with E-state index < -0.39 is 17.7 Å². The molecule has 170 valence electrons. The standard InChI is InChI=1S/C27H23N3O4/c31-24-21-14-8-7-13-20(21)23(28-24)25(32)29-15-16-30-22(17-29)27(34-26(30)33,18-9-3-1-4-10-18)19-11-5-2-6-12-19/h1-14,22-23H,15-17H2,(H,28,31). The first-order valence-electron chi connectivity index (χ1n) is 11.4. The Kier molecular flexibility index (Phi) is 4.65. The Morgan fingerprint density at radius 2 is 1.47 bits per heavy atom. The molecule has 3 amide bonds. The number of ether oxygens (including phenoxy) is 1. The molecule has 7 heteroatoms. The van der Waals surface area contributed by atoms with Crippen LogP contribution < -0.4 is 5.32 Å². The summed E-state index contributed by atoms with van der Waals surface area (Å²) < 4.78 is 6.17. The number of rotatable bonds is 3. The van der Waals surface area contributed by atoms with Gasteiger partial charge in [-0.2, -0.15) is 0 Å². The molecule has 3 heterocycles. The fraction of sp³-hybridized carbons (Fsp3) is 0.222. The zero-order valence-electron chi connectivity index (χ0n) is 18.4. The number of hydrogen-bond acceptors (Lipinski definition) is 4. The average Bonchev–Trinajstić information content (AvgIpc) is 3.39. The molecule has 0 spiro atoms. The molecule has 0 saturated carbocycles. The number of hydrogen-bond donors (Lipinski definition) is 1. The van der Waals surface area contributed by atoms with E-state index in [1.54, 1.807) is 21.9 Å². The van der Waals surface area contributed by atoms with Crippen molar-refractivity contribution in [2.75, 3.05) is 19.6 Å². The molecule has 2 unspecified atom stereocenters. The summed E-state index contributed by atoms with van der Waals surface area (Å²) in [7, 11) is 0. The Morgan fingerprint density at radius 3 is 2.15 bits per heavy atom. The Labute approximate surface area is 196 Å². The van der Waals surface area contributed by atoms with Gasteiger partial charge in [-0.3, -0.25) is 14.5 Å². The van der Waals surface area contributed by atoms with Gasteiger partial charge in [0, 0.05) is 36.3 Å². The second kappa shape index (κ2) is 7.73. The number of nitrogens with zero attached hydrogens (tertiary/aromatic N) is 2. The Morgan fingerprint density at radius 1 is 0.853 bits per heavy atom. The molecule has 34 heavy (non-hydrogen) atoms. The first-order chi connectivity index (χ1) is 16.6. The molecule has 6 rings (SSSR count). The van der Waals surface area contributed by atoms with Gasteiger partial charge >= 0.3 is 6.09 Å². The summed E-state index contributed by atoms with van der Waals surface area (Å²) in [6.45, 7) is 1.03. The largest absolute Gasteiger partial charge is 0.431 e. The van der Waals surface area contributed by atoms with Gasteiger partial charge in [0.05, 0.1) is 0 Å². The molecule has 0 bridgehead atoms. The second-order valence-corrected chi connectivity index (χ2v) is 8.82. The maximum atomic E-state index is 13.6. The van der Waals surface area contributed by atoms with Gasteiger partial charge < -0.3 is 15.0 Å². The second-order valence-electron chi connectivity index (χ2n) is 8.82. The van der Waals surface area contributed by atoms with E-state index in [9.17, 15) is 14.4 Å². The lowest BCUT2D eigenvalue weighted by atomic mass is 9.79. The van der Waals surface area contributed by atoms with Crippen LogP contribution in [0.4, 0.5) is 4.79 Å². The van der Waals surface area contributed by atoms with E-state index in [0.29, 0.717) is 30.8 Å². The summed E-state index contributed by atoms with van der Waals surface area (Å²) in [5.74, 6) is -0.415. The predicted molar refractivity (Wildman–Crippen MR) is 124 cm³/mol. The summed E-state index contributed by atoms with van der Waals surface area (Å²) in [6.07, 6.45) is -0.385. The van der Waals surface area contributed by atoms with Gasteiger partial charge in [-0.05, 0) is 11.6 Å². The van der Waals surface area contributed by atoms with Gasteiger partial charge in [-0.15, -0.1) is 0 Å². The highest BCUT2D eigenvalue weighted by atomic mass is 16.6. The molecule has 2 atom stereocenters. The molecule has 1 N–H and O–H groups in total. The van der Waals surface area contributed by atoms with Crippen LogP contribution in [0, 0.1) is 0 Å². The molecule has 0 radical (unpaired) electrons. The molecule has 3 aromatic carbocycles. The normalized spacial score (nSPS) is 22.6. The van der Waals surface area contributed by atoms with Crippen LogP contribution in [-0.2, 0) is 15.1 Å². The van der Waals surface area contributed by atoms with Crippen LogP contribution in [0.1, 0.15) is 33.1 Å². The zero-order chi connectivity index (χ0) is 23.3. The van der Waals surface area contributed by atoms with Gasteiger partial charge in [0.1, 0.15) is 12.1 Å². The maximum absolute atomic E-state index is 13.6. The summed E-state index contributed by atoms with van der Waals surface area (Å²) in [5, 5.41) is 2.83. The van der Waals surface area contributed by atoms with E-state index in [1.807, 2.05) is 72.8 Å². The monoisotopic (exact) mass is 453 g/mol. The topological polar surface area (TPSA) is 79.0 Å². The van der Waals surface area contributed by atoms with Gasteiger partial charge in [-0.1, -0.05) is 78.9 Å². The quantitative estimate of drug-likeness (QED) is 0.661. The molecular formula is C27H23N3O4. The predicted octanol–water partition coefficient (Wildman–Crippen LogP) is 3.08. The molecule has 0 aliphatic carbocycles. The van der Waals surface area contributed by atoms with E-state index in [2.05, 4.69) is 5.32 Å². The van der Waals surface area contributed by atoms with E-state index in [0.717, 1.165) is 11.1 Å². The number of nitrogens with one attached hydrogen (secondary N) is 1. The van der Waals surface area contributed by atoms with Crippen molar-refractivity contribution in [3.8, 4) is 0 Å². The van der Waals surface area contributed by atoms with Crippen molar-refractivity contribution < 1.29 is 19.1 Å². The molecule has 2 saturated heterocycles. The Bertz CT molecular complexity index is 1240. The van der Waals surface area contributed by atoms with Gasteiger partial charge in [0.15, 0.2) is 5.60 Å². The fourth-order valence-corrected chi connectivity index (χ4v) is 5.47. The molecule has 0 aromatic heterocycles. The number of cyclic esters (lactones) is 1. The summed E-state index contributed by atoms with van der Waals surface area (Å²) in [6, 6.07) is 25.4. The third kappa shape index (κ3) is 2.93. The van der Waals surface area contributed by atoms with Crippen molar-refractivity contribution in [3.05, 3.63) is 107 Å². The number of carbonyl (C=O) groups excluding carboxylic acids is 3. The van der Waals surface area contributed by atoms with Crippen LogP contribution in [-0.4, -0.2) is 53.4 Å². The van der Waals surface area contributed by atoms with Crippen LogP contribution in [0.25, 0.3) is 0 Å². The first-order valence-corrected chi connectivity index (χ1v) is 11.4. The lowest BCUT2D eigenvalue weighted by Gasteiger charge is -2.42. The average molecular weight is 453 g/mol. The fourth-order valence-electron chi connectivity index (χ4n) is 5.47. The highest BCUT2D eigenvalue weighted by Crippen LogP contribution is 2.46. The van der Waals surface area contributed by atoms with Crippen molar-refractivity contribution in [2.45, 2.75) is 17.7 Å². The molecule has 3 aromatic rings. The minimum absolute atomic E-state index is 0.174. The van der Waals surface area contributed by atoms with E-state index >= 15 is 0 Å². The number of benzene rings is 3. The third-order valence-corrected chi connectivity index (χ3v) is 7.09. The lowest BCUT2D eigenvalue weighted by Crippen LogP contribution is -2.59. The van der Waals surface area contributed by atoms with E-state index in [1.165, 1.54) is 0 Å². The highest BCUT2D eigenvalue weighted by molar-refractivity contribution is 6.04. The van der Waals surface area contributed by atoms with Crippen molar-refractivity contribution >= 4 is 17.9 Å². The van der Waals surface area contributed by atoms with E-state index in [4.69, 9.17) is 4.74 Å². The van der Waals surface area contributed by atoms with Crippen LogP contribution >= 0.6 is 0 Å². The van der Waals surface area contributed by atoms with Crippen LogP contribution in [0.15, 0.2) is 84.9 Å². The van der Waals surface area contributed by atoms with Gasteiger partial charge in [0.25, 0.3) is 5.91 Å². The van der Waals surface area contributed by atoms with Crippen molar-refractivity contribution in [1.29, 1.82) is 0 Å². The molecule has 3 aliphatic rings. The first kappa shape index (κ1) is 20.5. The minimum Gasteiger partial charge on any atom is -0.431 e. The lowest BCUT2D eigenvalue weighted by molar-refractivity contribution is -0.136. The SMILES string of the molecule is O=C1NC(C(=O)N2CCN3C(=O)OC(c4ccccc4)(c4ccccc4)C3C2)c2ccccc21. The number of amides is 3. The number of piperazine rings is 1. The maximum Gasteiger partial charge on any atom is 0.411 e. The van der Waals surface area contributed by atoms with E-state index in [-0.39, 0.29) is 17.9 Å². The number of carbonyl (C=O) groups is 3. The molecule has 7 nitrogen and oxygen atoms in total. The minimum atomic E-state index is -1.05. The van der Waals surface area contributed by atoms with Crippen molar-refractivity contribution in [2.24, 2.45) is 0 Å². The molecule has 2 fully saturated rings. The van der Waals surface area contributed by atoms with Crippen molar-refractivity contribution in [3.63, 3.8) is 0 Å².